The Balaban J connectivity index is 4.85. The van der Waals surface area contributed by atoms with Crippen LogP contribution in [0, 0.1) is 0 Å². The van der Waals surface area contributed by atoms with E-state index in [0.717, 1.165) is 0 Å². The molecule has 0 radical (unpaired) electrons. The lowest BCUT2D eigenvalue weighted by Gasteiger charge is -2.25. The Morgan fingerprint density at radius 3 is 1.84 bits per heavy atom. The van der Waals surface area contributed by atoms with Crippen LogP contribution in [0.3, 0.4) is 0 Å². The number of hydrogen-bond donors (Lipinski definition) is 8. The summed E-state index contributed by atoms with van der Waals surface area (Å²) in [6, 6.07) is -4.41. The van der Waals surface area contributed by atoms with E-state index in [1.165, 1.54) is 13.8 Å². The number of carbonyl (C=O) groups is 4. The Morgan fingerprint density at radius 1 is 0.806 bits per heavy atom. The highest BCUT2D eigenvalue weighted by atomic mass is 16.4. The SMILES string of the molecule is CC(NC(=O)C(NC(=O)C(N)CCCCN)C(C)O)C(=O)NC(CCCCN)C(=O)O. The van der Waals surface area contributed by atoms with Crippen molar-refractivity contribution < 1.29 is 29.4 Å². The molecule has 5 unspecified atom stereocenters. The van der Waals surface area contributed by atoms with Gasteiger partial charge in [0, 0.05) is 0 Å². The van der Waals surface area contributed by atoms with Crippen molar-refractivity contribution in [1.82, 2.24) is 16.0 Å². The van der Waals surface area contributed by atoms with Crippen molar-refractivity contribution in [2.75, 3.05) is 13.1 Å². The third-order valence-corrected chi connectivity index (χ3v) is 4.68. The van der Waals surface area contributed by atoms with Gasteiger partial charge in [0.05, 0.1) is 12.1 Å². The van der Waals surface area contributed by atoms with Gasteiger partial charge in [-0.2, -0.15) is 0 Å². The summed E-state index contributed by atoms with van der Waals surface area (Å²) in [6.45, 7) is 3.57. The zero-order chi connectivity index (χ0) is 24.0. The van der Waals surface area contributed by atoms with E-state index in [-0.39, 0.29) is 6.42 Å². The summed E-state index contributed by atoms with van der Waals surface area (Å²) in [5, 5.41) is 26.3. The maximum atomic E-state index is 12.5. The number of hydrogen-bond acceptors (Lipinski definition) is 8. The molecule has 0 spiro atoms. The van der Waals surface area contributed by atoms with Gasteiger partial charge >= 0.3 is 5.97 Å². The summed E-state index contributed by atoms with van der Waals surface area (Å²) < 4.78 is 0. The summed E-state index contributed by atoms with van der Waals surface area (Å²) in [4.78, 5) is 48.3. The van der Waals surface area contributed by atoms with Crippen LogP contribution in [0.1, 0.15) is 52.4 Å². The Hall–Kier alpha value is -2.28. The van der Waals surface area contributed by atoms with Crippen LogP contribution in [0.2, 0.25) is 0 Å². The molecule has 0 aliphatic rings. The number of unbranched alkanes of at least 4 members (excludes halogenated alkanes) is 2. The Labute approximate surface area is 182 Å². The van der Waals surface area contributed by atoms with Gasteiger partial charge in [-0.1, -0.05) is 6.42 Å². The molecule has 0 aliphatic carbocycles. The molecule has 0 bridgehead atoms. The number of aliphatic carboxylic acids is 1. The van der Waals surface area contributed by atoms with E-state index in [4.69, 9.17) is 17.2 Å². The first-order valence-electron chi connectivity index (χ1n) is 10.5. The minimum atomic E-state index is -1.33. The molecular weight excluding hydrogens is 408 g/mol. The molecular formula is C19H38N6O6. The van der Waals surface area contributed by atoms with E-state index in [2.05, 4.69) is 16.0 Å². The minimum absolute atomic E-state index is 0.202. The highest BCUT2D eigenvalue weighted by Crippen LogP contribution is 2.03. The third kappa shape index (κ3) is 11.6. The van der Waals surface area contributed by atoms with Gasteiger partial charge in [0.2, 0.25) is 17.7 Å². The second-order valence-corrected chi connectivity index (χ2v) is 7.53. The van der Waals surface area contributed by atoms with Crippen LogP contribution in [0.5, 0.6) is 0 Å². The van der Waals surface area contributed by atoms with Crippen LogP contribution in [-0.2, 0) is 19.2 Å². The monoisotopic (exact) mass is 446 g/mol. The Bertz CT molecular complexity index is 588. The van der Waals surface area contributed by atoms with Crippen molar-refractivity contribution in [3.05, 3.63) is 0 Å². The van der Waals surface area contributed by atoms with Crippen molar-refractivity contribution in [3.63, 3.8) is 0 Å². The third-order valence-electron chi connectivity index (χ3n) is 4.68. The van der Waals surface area contributed by atoms with Crippen molar-refractivity contribution in [3.8, 4) is 0 Å². The number of rotatable bonds is 16. The fourth-order valence-corrected chi connectivity index (χ4v) is 2.72. The fourth-order valence-electron chi connectivity index (χ4n) is 2.72. The van der Waals surface area contributed by atoms with E-state index in [1.807, 2.05) is 0 Å². The standard InChI is InChI=1S/C19H38N6O6/c1-11(16(27)24-14(19(30)31)8-4-6-10-21)23-18(29)15(12(2)26)25-17(28)13(22)7-3-5-9-20/h11-15,26H,3-10,20-22H2,1-2H3,(H,23,29)(H,24,27)(H,25,28)(H,30,31). The minimum Gasteiger partial charge on any atom is -0.480 e. The van der Waals surface area contributed by atoms with Crippen molar-refractivity contribution in [2.45, 2.75) is 82.6 Å². The average molecular weight is 447 g/mol. The molecule has 0 aliphatic heterocycles. The predicted molar refractivity (Wildman–Crippen MR) is 115 cm³/mol. The summed E-state index contributed by atoms with van der Waals surface area (Å²) in [5.41, 5.74) is 16.6. The van der Waals surface area contributed by atoms with Crippen LogP contribution in [0.25, 0.3) is 0 Å². The van der Waals surface area contributed by atoms with Gasteiger partial charge < -0.3 is 43.4 Å². The molecule has 12 heteroatoms. The van der Waals surface area contributed by atoms with E-state index in [0.29, 0.717) is 45.2 Å². The summed E-state index contributed by atoms with van der Waals surface area (Å²) in [6.07, 6.45) is 1.82. The summed E-state index contributed by atoms with van der Waals surface area (Å²) in [7, 11) is 0. The molecule has 0 aromatic heterocycles. The summed E-state index contributed by atoms with van der Waals surface area (Å²) in [5.74, 6) is -3.31. The lowest BCUT2D eigenvalue weighted by molar-refractivity contribution is -0.142. The number of nitrogens with two attached hydrogens (primary N) is 3. The highest BCUT2D eigenvalue weighted by Gasteiger charge is 2.30. The van der Waals surface area contributed by atoms with Crippen LogP contribution >= 0.6 is 0 Å². The van der Waals surface area contributed by atoms with E-state index >= 15 is 0 Å². The van der Waals surface area contributed by atoms with Crippen LogP contribution in [0.15, 0.2) is 0 Å². The molecule has 0 saturated carbocycles. The van der Waals surface area contributed by atoms with Crippen LogP contribution in [0.4, 0.5) is 0 Å². The molecule has 12 nitrogen and oxygen atoms in total. The molecule has 0 fully saturated rings. The highest BCUT2D eigenvalue weighted by molar-refractivity contribution is 5.94. The number of amides is 3. The van der Waals surface area contributed by atoms with Gasteiger partial charge in [-0.3, -0.25) is 14.4 Å². The topological polar surface area (TPSA) is 223 Å². The number of aliphatic hydroxyl groups is 1. The summed E-state index contributed by atoms with van der Waals surface area (Å²) >= 11 is 0. The molecule has 0 rings (SSSR count). The predicted octanol–water partition coefficient (Wildman–Crippen LogP) is -2.49. The number of nitrogens with one attached hydrogen (secondary N) is 3. The lowest BCUT2D eigenvalue weighted by atomic mass is 10.1. The van der Waals surface area contributed by atoms with Gasteiger partial charge in [0.25, 0.3) is 0 Å². The molecule has 0 aromatic carbocycles. The molecule has 0 aromatic rings. The maximum Gasteiger partial charge on any atom is 0.326 e. The van der Waals surface area contributed by atoms with Crippen molar-refractivity contribution in [2.24, 2.45) is 17.2 Å². The quantitative estimate of drug-likeness (QED) is 0.117. The van der Waals surface area contributed by atoms with E-state index < -0.39 is 54.0 Å². The van der Waals surface area contributed by atoms with E-state index in [1.54, 1.807) is 0 Å². The van der Waals surface area contributed by atoms with Gasteiger partial charge in [-0.15, -0.1) is 0 Å². The number of aliphatic hydroxyl groups excluding tert-OH is 1. The lowest BCUT2D eigenvalue weighted by Crippen LogP contribution is -2.59. The van der Waals surface area contributed by atoms with Crippen LogP contribution < -0.4 is 33.2 Å². The molecule has 0 saturated heterocycles. The first-order valence-corrected chi connectivity index (χ1v) is 10.5. The molecule has 180 valence electrons. The number of carbonyl (C=O) groups excluding carboxylic acids is 3. The van der Waals surface area contributed by atoms with Gasteiger partial charge in [-0.25, -0.2) is 4.79 Å². The average Bonchev–Trinajstić information content (AvgIpc) is 2.70. The smallest absolute Gasteiger partial charge is 0.326 e. The fraction of sp³-hybridized carbons (Fsp3) is 0.789. The maximum absolute atomic E-state index is 12.5. The van der Waals surface area contributed by atoms with Gasteiger partial charge in [-0.05, 0) is 59.0 Å². The normalized spacial score (nSPS) is 15.8. The first-order chi connectivity index (χ1) is 14.5. The zero-order valence-corrected chi connectivity index (χ0v) is 18.3. The van der Waals surface area contributed by atoms with Crippen LogP contribution in [-0.4, -0.2) is 77.3 Å². The molecule has 3 amide bonds. The Kier molecular flexibility index (Phi) is 14.4. The number of carboxylic acids is 1. The van der Waals surface area contributed by atoms with E-state index in [9.17, 15) is 29.4 Å². The molecule has 5 atom stereocenters. The Morgan fingerprint density at radius 2 is 1.35 bits per heavy atom. The second-order valence-electron chi connectivity index (χ2n) is 7.53. The van der Waals surface area contributed by atoms with Gasteiger partial charge in [0.15, 0.2) is 0 Å². The molecule has 0 heterocycles. The largest absolute Gasteiger partial charge is 0.480 e. The molecule has 31 heavy (non-hydrogen) atoms. The first kappa shape index (κ1) is 28.7. The second kappa shape index (κ2) is 15.5. The van der Waals surface area contributed by atoms with Gasteiger partial charge in [0.1, 0.15) is 18.1 Å². The number of carboxylic acid groups (broad SMARTS) is 1. The van der Waals surface area contributed by atoms with Crippen molar-refractivity contribution in [1.29, 1.82) is 0 Å². The van der Waals surface area contributed by atoms with Crippen molar-refractivity contribution >= 4 is 23.7 Å². The zero-order valence-electron chi connectivity index (χ0n) is 18.3. The molecule has 11 N–H and O–H groups in total.